The van der Waals surface area contributed by atoms with Crippen LogP contribution in [0.3, 0.4) is 0 Å². The minimum Gasteiger partial charge on any atom is -0.364 e. The van der Waals surface area contributed by atoms with Gasteiger partial charge < -0.3 is 4.74 Å². The van der Waals surface area contributed by atoms with E-state index in [-0.39, 0.29) is 18.8 Å². The van der Waals surface area contributed by atoms with Crippen LogP contribution in [0.1, 0.15) is 6.42 Å². The van der Waals surface area contributed by atoms with Crippen molar-refractivity contribution in [3.8, 4) is 0 Å². The maximum absolute atomic E-state index is 11.6. The molecule has 1 aliphatic heterocycles. The third-order valence-corrected chi connectivity index (χ3v) is 1.17. The molecule has 0 aromatic carbocycles. The van der Waals surface area contributed by atoms with Gasteiger partial charge in [-0.05, 0) is 0 Å². The largest absolute Gasteiger partial charge is 0.364 e. The standard InChI is InChI=1S/C5H6F2O2/c6-5(7)4-1-3(8)2-9-4/h4-5H,1-2H2. The van der Waals surface area contributed by atoms with Crippen LogP contribution in [0.15, 0.2) is 0 Å². The van der Waals surface area contributed by atoms with Gasteiger partial charge in [-0.25, -0.2) is 8.78 Å². The Morgan fingerprint density at radius 2 is 2.33 bits per heavy atom. The number of Topliss-reactive ketones (excluding diaryl/α,β-unsaturated/α-hetero) is 1. The molecule has 0 aliphatic carbocycles. The van der Waals surface area contributed by atoms with E-state index in [1.54, 1.807) is 0 Å². The van der Waals surface area contributed by atoms with Gasteiger partial charge in [0.05, 0.1) is 0 Å². The zero-order chi connectivity index (χ0) is 6.85. The number of rotatable bonds is 1. The van der Waals surface area contributed by atoms with Crippen LogP contribution in [0.2, 0.25) is 0 Å². The Labute approximate surface area is 50.8 Å². The molecule has 0 N–H and O–H groups in total. The fourth-order valence-corrected chi connectivity index (χ4v) is 0.704. The number of halogens is 2. The molecule has 1 heterocycles. The first-order valence-corrected chi connectivity index (χ1v) is 2.61. The number of hydrogen-bond donors (Lipinski definition) is 0. The zero-order valence-corrected chi connectivity index (χ0v) is 4.64. The molecule has 0 saturated carbocycles. The molecule has 1 rings (SSSR count). The Balaban J connectivity index is 2.39. The summed E-state index contributed by atoms with van der Waals surface area (Å²) in [4.78, 5) is 10.3. The number of carbonyl (C=O) groups excluding carboxylic acids is 1. The summed E-state index contributed by atoms with van der Waals surface area (Å²) in [5, 5.41) is 0. The highest BCUT2D eigenvalue weighted by Crippen LogP contribution is 2.15. The second kappa shape index (κ2) is 2.39. The van der Waals surface area contributed by atoms with Crippen molar-refractivity contribution in [3.05, 3.63) is 0 Å². The molecule has 1 unspecified atom stereocenters. The third-order valence-electron chi connectivity index (χ3n) is 1.17. The van der Waals surface area contributed by atoms with E-state index in [2.05, 4.69) is 4.74 Å². The van der Waals surface area contributed by atoms with Crippen molar-refractivity contribution in [2.45, 2.75) is 19.0 Å². The van der Waals surface area contributed by atoms with Crippen LogP contribution in [-0.4, -0.2) is 24.9 Å². The summed E-state index contributed by atoms with van der Waals surface area (Å²) < 4.78 is 27.7. The minimum absolute atomic E-state index is 0.127. The highest BCUT2D eigenvalue weighted by Gasteiger charge is 2.30. The number of alkyl halides is 2. The topological polar surface area (TPSA) is 26.3 Å². The van der Waals surface area contributed by atoms with E-state index in [0.29, 0.717) is 0 Å². The molecule has 2 nitrogen and oxygen atoms in total. The van der Waals surface area contributed by atoms with E-state index < -0.39 is 12.5 Å². The van der Waals surface area contributed by atoms with E-state index in [1.165, 1.54) is 0 Å². The highest BCUT2D eigenvalue weighted by molar-refractivity contribution is 5.81. The molecule has 1 aliphatic rings. The van der Waals surface area contributed by atoms with Gasteiger partial charge in [-0.15, -0.1) is 0 Å². The van der Waals surface area contributed by atoms with Crippen LogP contribution in [0.25, 0.3) is 0 Å². The normalized spacial score (nSPS) is 27.9. The Hall–Kier alpha value is -0.510. The summed E-state index contributed by atoms with van der Waals surface area (Å²) in [6, 6.07) is 0. The smallest absolute Gasteiger partial charge is 0.264 e. The minimum atomic E-state index is -2.52. The summed E-state index contributed by atoms with van der Waals surface area (Å²) in [5.74, 6) is -0.236. The highest BCUT2D eigenvalue weighted by atomic mass is 19.3. The quantitative estimate of drug-likeness (QED) is 0.528. The van der Waals surface area contributed by atoms with Gasteiger partial charge in [0.1, 0.15) is 12.7 Å². The van der Waals surface area contributed by atoms with Gasteiger partial charge in [0.25, 0.3) is 6.43 Å². The summed E-state index contributed by atoms with van der Waals surface area (Å²) in [6.45, 7) is -0.144. The van der Waals surface area contributed by atoms with Crippen LogP contribution in [0.5, 0.6) is 0 Å². The number of ether oxygens (including phenoxy) is 1. The first kappa shape index (κ1) is 6.61. The zero-order valence-electron chi connectivity index (χ0n) is 4.64. The lowest BCUT2D eigenvalue weighted by atomic mass is 10.2. The summed E-state index contributed by atoms with van der Waals surface area (Å²) in [6.07, 6.45) is -3.79. The molecule has 0 bridgehead atoms. The fourth-order valence-electron chi connectivity index (χ4n) is 0.704. The fraction of sp³-hybridized carbons (Fsp3) is 0.800. The van der Waals surface area contributed by atoms with Crippen molar-refractivity contribution in [3.63, 3.8) is 0 Å². The molecule has 0 amide bonds. The monoisotopic (exact) mass is 136 g/mol. The lowest BCUT2D eigenvalue weighted by molar-refractivity contribution is -0.117. The summed E-state index contributed by atoms with van der Waals surface area (Å²) in [5.41, 5.74) is 0. The molecule has 0 spiro atoms. The van der Waals surface area contributed by atoms with Crippen LogP contribution in [-0.2, 0) is 9.53 Å². The van der Waals surface area contributed by atoms with Crippen molar-refractivity contribution in [1.29, 1.82) is 0 Å². The van der Waals surface area contributed by atoms with Gasteiger partial charge in [-0.2, -0.15) is 0 Å². The SMILES string of the molecule is O=C1COC(C(F)F)C1. The second-order valence-electron chi connectivity index (χ2n) is 1.93. The van der Waals surface area contributed by atoms with Crippen molar-refractivity contribution in [1.82, 2.24) is 0 Å². The van der Waals surface area contributed by atoms with E-state index >= 15 is 0 Å². The molecule has 4 heteroatoms. The second-order valence-corrected chi connectivity index (χ2v) is 1.93. The number of ketones is 1. The number of carbonyl (C=O) groups is 1. The Kier molecular flexibility index (Phi) is 1.75. The van der Waals surface area contributed by atoms with E-state index in [1.807, 2.05) is 0 Å². The average molecular weight is 136 g/mol. The predicted octanol–water partition coefficient (Wildman–Crippen LogP) is 0.610. The Morgan fingerprint density at radius 1 is 1.67 bits per heavy atom. The third kappa shape index (κ3) is 1.45. The van der Waals surface area contributed by atoms with Crippen LogP contribution < -0.4 is 0 Å². The van der Waals surface area contributed by atoms with E-state index in [9.17, 15) is 13.6 Å². The van der Waals surface area contributed by atoms with E-state index in [4.69, 9.17) is 0 Å². The molecule has 0 aromatic heterocycles. The van der Waals surface area contributed by atoms with Crippen LogP contribution in [0, 0.1) is 0 Å². The van der Waals surface area contributed by atoms with Gasteiger partial charge in [-0.1, -0.05) is 0 Å². The van der Waals surface area contributed by atoms with Crippen LogP contribution >= 0.6 is 0 Å². The van der Waals surface area contributed by atoms with Gasteiger partial charge in [-0.3, -0.25) is 4.79 Å². The Bertz CT molecular complexity index is 124. The first-order chi connectivity index (χ1) is 4.20. The molecule has 1 atom stereocenters. The van der Waals surface area contributed by atoms with Crippen molar-refractivity contribution in [2.75, 3.05) is 6.61 Å². The molecule has 0 radical (unpaired) electrons. The van der Waals surface area contributed by atoms with Gasteiger partial charge in [0, 0.05) is 6.42 Å². The Morgan fingerprint density at radius 3 is 2.56 bits per heavy atom. The molecule has 1 saturated heterocycles. The lowest BCUT2D eigenvalue weighted by Gasteiger charge is -2.03. The van der Waals surface area contributed by atoms with Crippen molar-refractivity contribution >= 4 is 5.78 Å². The molecular formula is C5H6F2O2. The molecule has 9 heavy (non-hydrogen) atoms. The van der Waals surface area contributed by atoms with Gasteiger partial charge in [0.15, 0.2) is 5.78 Å². The van der Waals surface area contributed by atoms with Gasteiger partial charge in [0.2, 0.25) is 0 Å². The molecular weight excluding hydrogens is 130 g/mol. The van der Waals surface area contributed by atoms with Gasteiger partial charge >= 0.3 is 0 Å². The predicted molar refractivity (Wildman–Crippen MR) is 25.4 cm³/mol. The van der Waals surface area contributed by atoms with Crippen molar-refractivity contribution in [2.24, 2.45) is 0 Å². The summed E-state index contributed by atoms with van der Waals surface area (Å²) in [7, 11) is 0. The molecule has 1 fully saturated rings. The van der Waals surface area contributed by atoms with E-state index in [0.717, 1.165) is 0 Å². The lowest BCUT2D eigenvalue weighted by Crippen LogP contribution is -2.15. The first-order valence-electron chi connectivity index (χ1n) is 2.61. The average Bonchev–Trinajstić information content (AvgIpc) is 2.14. The maximum atomic E-state index is 11.6. The molecule has 0 aromatic rings. The molecule has 52 valence electrons. The number of hydrogen-bond acceptors (Lipinski definition) is 2. The van der Waals surface area contributed by atoms with Crippen LogP contribution in [0.4, 0.5) is 8.78 Å². The summed E-state index contributed by atoms with van der Waals surface area (Å²) >= 11 is 0. The maximum Gasteiger partial charge on any atom is 0.264 e. The van der Waals surface area contributed by atoms with Crippen molar-refractivity contribution < 1.29 is 18.3 Å².